The maximum absolute atomic E-state index is 13.2. The number of benzene rings is 2. The second-order valence-corrected chi connectivity index (χ2v) is 8.88. The lowest BCUT2D eigenvalue weighted by molar-refractivity contribution is -0.130. The van der Waals surface area contributed by atoms with Crippen molar-refractivity contribution in [2.75, 3.05) is 13.7 Å². The molecule has 0 radical (unpaired) electrons. The average Bonchev–Trinajstić information content (AvgIpc) is 3.25. The second-order valence-electron chi connectivity index (χ2n) is 8.88. The highest BCUT2D eigenvalue weighted by molar-refractivity contribution is 6.11. The highest BCUT2D eigenvalue weighted by atomic mass is 16.5. The fraction of sp³-hybridized carbons (Fsp3) is 0.296. The molecular formula is C27H29N3O4. The SMILES string of the molecule is COc1ccc(CCC2(C)NC(=O)N(CC(=O)c3cc(C)n(-c4ccccc4)c3C)C2=O)cc1. The van der Waals surface area contributed by atoms with Crippen LogP contribution in [0.3, 0.4) is 0 Å². The first-order chi connectivity index (χ1) is 16.2. The number of methoxy groups -OCH3 is 1. The first-order valence-corrected chi connectivity index (χ1v) is 11.3. The predicted octanol–water partition coefficient (Wildman–Crippen LogP) is 4.23. The van der Waals surface area contributed by atoms with Crippen LogP contribution in [0.15, 0.2) is 60.7 Å². The van der Waals surface area contributed by atoms with Gasteiger partial charge in [-0.3, -0.25) is 14.5 Å². The zero-order chi connectivity index (χ0) is 24.5. The van der Waals surface area contributed by atoms with Crippen molar-refractivity contribution in [2.24, 2.45) is 0 Å². The zero-order valence-electron chi connectivity index (χ0n) is 19.9. The third-order valence-corrected chi connectivity index (χ3v) is 6.47. The molecular weight excluding hydrogens is 430 g/mol. The molecule has 2 aromatic carbocycles. The molecule has 2 heterocycles. The molecule has 1 N–H and O–H groups in total. The maximum atomic E-state index is 13.2. The summed E-state index contributed by atoms with van der Waals surface area (Å²) in [5.74, 6) is 0.117. The molecule has 0 saturated carbocycles. The van der Waals surface area contributed by atoms with E-state index in [1.54, 1.807) is 14.0 Å². The number of aromatic nitrogens is 1. The van der Waals surface area contributed by atoms with Crippen molar-refractivity contribution < 1.29 is 19.1 Å². The Balaban J connectivity index is 1.47. The van der Waals surface area contributed by atoms with E-state index in [-0.39, 0.29) is 18.2 Å². The molecule has 0 bridgehead atoms. The topological polar surface area (TPSA) is 80.6 Å². The van der Waals surface area contributed by atoms with Crippen molar-refractivity contribution in [1.82, 2.24) is 14.8 Å². The van der Waals surface area contributed by atoms with Gasteiger partial charge in [0.15, 0.2) is 5.78 Å². The number of nitrogens with zero attached hydrogens (tertiary/aromatic N) is 2. The van der Waals surface area contributed by atoms with Gasteiger partial charge in [0.1, 0.15) is 11.3 Å². The van der Waals surface area contributed by atoms with Gasteiger partial charge in [-0.05, 0) is 69.5 Å². The van der Waals surface area contributed by atoms with Crippen molar-refractivity contribution in [3.05, 3.63) is 83.2 Å². The Morgan fingerprint density at radius 1 is 1.03 bits per heavy atom. The molecule has 34 heavy (non-hydrogen) atoms. The van der Waals surface area contributed by atoms with E-state index >= 15 is 0 Å². The van der Waals surface area contributed by atoms with Crippen LogP contribution in [0.1, 0.15) is 40.7 Å². The number of amides is 3. The van der Waals surface area contributed by atoms with Crippen molar-refractivity contribution in [1.29, 1.82) is 0 Å². The number of aryl methyl sites for hydroxylation is 2. The van der Waals surface area contributed by atoms with Crippen molar-refractivity contribution in [3.63, 3.8) is 0 Å². The summed E-state index contributed by atoms with van der Waals surface area (Å²) >= 11 is 0. The van der Waals surface area contributed by atoms with Crippen LogP contribution in [-0.2, 0) is 11.2 Å². The normalized spacial score (nSPS) is 17.7. The number of para-hydroxylation sites is 1. The van der Waals surface area contributed by atoms with Crippen LogP contribution >= 0.6 is 0 Å². The van der Waals surface area contributed by atoms with Crippen molar-refractivity contribution in [3.8, 4) is 11.4 Å². The second kappa shape index (κ2) is 9.17. The summed E-state index contributed by atoms with van der Waals surface area (Å²) in [6, 6.07) is 18.6. The van der Waals surface area contributed by atoms with Crippen LogP contribution < -0.4 is 10.1 Å². The number of hydrogen-bond donors (Lipinski definition) is 1. The van der Waals surface area contributed by atoms with Crippen molar-refractivity contribution in [2.45, 2.75) is 39.2 Å². The minimum atomic E-state index is -1.06. The van der Waals surface area contributed by atoms with Crippen LogP contribution in [0, 0.1) is 13.8 Å². The summed E-state index contributed by atoms with van der Waals surface area (Å²) in [5, 5.41) is 2.79. The number of ether oxygens (including phenoxy) is 1. The monoisotopic (exact) mass is 459 g/mol. The summed E-state index contributed by atoms with van der Waals surface area (Å²) in [4.78, 5) is 40.0. The Labute approximate surface area is 199 Å². The summed E-state index contributed by atoms with van der Waals surface area (Å²) in [7, 11) is 1.61. The van der Waals surface area contributed by atoms with Crippen LogP contribution in [-0.4, -0.2) is 46.4 Å². The number of rotatable bonds is 8. The molecule has 3 aromatic rings. The van der Waals surface area contributed by atoms with Gasteiger partial charge < -0.3 is 14.6 Å². The number of ketones is 1. The minimum Gasteiger partial charge on any atom is -0.497 e. The molecule has 176 valence electrons. The van der Waals surface area contributed by atoms with Crippen molar-refractivity contribution >= 4 is 17.7 Å². The number of hydrogen-bond acceptors (Lipinski definition) is 4. The van der Waals surface area contributed by atoms with E-state index in [4.69, 9.17) is 4.74 Å². The van der Waals surface area contributed by atoms with Gasteiger partial charge in [0.25, 0.3) is 5.91 Å². The van der Waals surface area contributed by atoms with Crippen LogP contribution in [0.5, 0.6) is 5.75 Å². The van der Waals surface area contributed by atoms with Gasteiger partial charge >= 0.3 is 6.03 Å². The Kier molecular flexibility index (Phi) is 6.28. The van der Waals surface area contributed by atoms with Crippen LogP contribution in [0.2, 0.25) is 0 Å². The number of urea groups is 1. The third-order valence-electron chi connectivity index (χ3n) is 6.47. The lowest BCUT2D eigenvalue weighted by Gasteiger charge is -2.21. The number of imide groups is 1. The van der Waals surface area contributed by atoms with Gasteiger partial charge in [-0.2, -0.15) is 0 Å². The van der Waals surface area contributed by atoms with Gasteiger partial charge in [-0.15, -0.1) is 0 Å². The largest absolute Gasteiger partial charge is 0.497 e. The lowest BCUT2D eigenvalue weighted by atomic mass is 9.93. The molecule has 1 fully saturated rings. The van der Waals surface area contributed by atoms with Gasteiger partial charge in [0.2, 0.25) is 0 Å². The fourth-order valence-corrected chi connectivity index (χ4v) is 4.49. The van der Waals surface area contributed by atoms with Crippen LogP contribution in [0.25, 0.3) is 5.69 Å². The van der Waals surface area contributed by atoms with E-state index in [1.807, 2.05) is 79.1 Å². The third kappa shape index (κ3) is 4.33. The Morgan fingerprint density at radius 3 is 2.35 bits per heavy atom. The van der Waals surface area contributed by atoms with E-state index in [2.05, 4.69) is 5.32 Å². The molecule has 1 aliphatic rings. The minimum absolute atomic E-state index is 0.266. The Hall–Kier alpha value is -3.87. The van der Waals surface area contributed by atoms with Crippen LogP contribution in [0.4, 0.5) is 4.79 Å². The Bertz CT molecular complexity index is 1230. The van der Waals surface area contributed by atoms with Gasteiger partial charge in [0, 0.05) is 22.6 Å². The molecule has 3 amide bonds. The molecule has 7 nitrogen and oxygen atoms in total. The summed E-state index contributed by atoms with van der Waals surface area (Å²) in [6.07, 6.45) is 1.03. The smallest absolute Gasteiger partial charge is 0.325 e. The molecule has 7 heteroatoms. The van der Waals surface area contributed by atoms with E-state index < -0.39 is 11.6 Å². The number of Topliss-reactive ketones (excluding diaryl/α,β-unsaturated/α-hetero) is 1. The maximum Gasteiger partial charge on any atom is 0.325 e. The van der Waals surface area contributed by atoms with E-state index in [0.29, 0.717) is 18.4 Å². The predicted molar refractivity (Wildman–Crippen MR) is 130 cm³/mol. The quantitative estimate of drug-likeness (QED) is 0.404. The Morgan fingerprint density at radius 2 is 1.71 bits per heavy atom. The van der Waals surface area contributed by atoms with Gasteiger partial charge in [-0.1, -0.05) is 30.3 Å². The molecule has 0 spiro atoms. The number of carbonyl (C=O) groups is 3. The average molecular weight is 460 g/mol. The summed E-state index contributed by atoms with van der Waals surface area (Å²) in [6.45, 7) is 5.23. The highest BCUT2D eigenvalue weighted by Gasteiger charge is 2.48. The molecule has 1 aliphatic heterocycles. The van der Waals surface area contributed by atoms with E-state index in [0.717, 1.165) is 33.3 Å². The molecule has 4 rings (SSSR count). The van der Waals surface area contributed by atoms with E-state index in [9.17, 15) is 14.4 Å². The summed E-state index contributed by atoms with van der Waals surface area (Å²) < 4.78 is 7.17. The first-order valence-electron chi connectivity index (χ1n) is 11.3. The van der Waals surface area contributed by atoms with E-state index in [1.165, 1.54) is 0 Å². The standard InChI is InChI=1S/C27H29N3O4/c1-18-16-23(19(2)30(18)21-8-6-5-7-9-21)24(31)17-29-25(32)27(3,28-26(29)33)15-14-20-10-12-22(34-4)13-11-20/h5-13,16H,14-15,17H2,1-4H3,(H,28,33). The lowest BCUT2D eigenvalue weighted by Crippen LogP contribution is -2.44. The fourth-order valence-electron chi connectivity index (χ4n) is 4.49. The van der Waals surface area contributed by atoms with Gasteiger partial charge in [-0.25, -0.2) is 4.79 Å². The zero-order valence-corrected chi connectivity index (χ0v) is 19.9. The number of nitrogens with one attached hydrogen (secondary N) is 1. The molecule has 1 saturated heterocycles. The molecule has 1 aromatic heterocycles. The highest BCUT2D eigenvalue weighted by Crippen LogP contribution is 2.26. The molecule has 0 aliphatic carbocycles. The molecule has 1 atom stereocenters. The number of carbonyl (C=O) groups excluding carboxylic acids is 3. The summed E-state index contributed by atoms with van der Waals surface area (Å²) in [5.41, 5.74) is 3.13. The van der Waals surface area contributed by atoms with Gasteiger partial charge in [0.05, 0.1) is 13.7 Å². The molecule has 1 unspecified atom stereocenters. The first kappa shape index (κ1) is 23.3.